The highest BCUT2D eigenvalue weighted by Gasteiger charge is 2.51. The number of hydrogen-bond acceptors (Lipinski definition) is 6. The van der Waals surface area contributed by atoms with Gasteiger partial charge in [-0.15, -0.1) is 0 Å². The van der Waals surface area contributed by atoms with Gasteiger partial charge < -0.3 is 24.8 Å². The minimum Gasteiger partial charge on any atom is -0.369 e. The van der Waals surface area contributed by atoms with Gasteiger partial charge in [0.25, 0.3) is 5.91 Å². The fourth-order valence-corrected chi connectivity index (χ4v) is 5.09. The first kappa shape index (κ1) is 23.7. The molecule has 3 heterocycles. The van der Waals surface area contributed by atoms with Gasteiger partial charge >= 0.3 is 0 Å². The number of ketones is 1. The van der Waals surface area contributed by atoms with Crippen LogP contribution in [-0.2, 0) is 14.3 Å². The second-order valence-corrected chi connectivity index (χ2v) is 9.83. The first-order valence-electron chi connectivity index (χ1n) is 12.1. The number of ether oxygens (including phenoxy) is 1. The Morgan fingerprint density at radius 2 is 1.82 bits per heavy atom. The molecule has 0 unspecified atom stereocenters. The van der Waals surface area contributed by atoms with E-state index in [0.29, 0.717) is 12.1 Å². The third kappa shape index (κ3) is 4.77. The fraction of sp³-hybridized carbons (Fsp3) is 0.640. The molecule has 3 saturated heterocycles. The maximum atomic E-state index is 13.5. The molecule has 3 aliphatic rings. The van der Waals surface area contributed by atoms with E-state index >= 15 is 0 Å². The zero-order valence-corrected chi connectivity index (χ0v) is 20.1. The molecule has 0 spiro atoms. The smallest absolute Gasteiger partial charge is 0.251 e. The van der Waals surface area contributed by atoms with Crippen molar-refractivity contribution in [3.63, 3.8) is 0 Å². The minimum absolute atomic E-state index is 0.0496. The summed E-state index contributed by atoms with van der Waals surface area (Å²) in [6.45, 7) is 10.5. The number of carbonyl (C=O) groups excluding carboxylic acids is 3. The van der Waals surface area contributed by atoms with Gasteiger partial charge in [0.1, 0.15) is 18.7 Å². The van der Waals surface area contributed by atoms with Gasteiger partial charge in [0.15, 0.2) is 5.78 Å². The third-order valence-corrected chi connectivity index (χ3v) is 7.49. The number of hydrogen-bond donors (Lipinski definition) is 1. The summed E-state index contributed by atoms with van der Waals surface area (Å²) in [5.74, 6) is -0.466. The number of fused-ring (bicyclic) bond motifs is 1. The van der Waals surface area contributed by atoms with E-state index in [0.717, 1.165) is 38.3 Å². The van der Waals surface area contributed by atoms with Crippen LogP contribution in [0.4, 0.5) is 5.69 Å². The summed E-state index contributed by atoms with van der Waals surface area (Å²) in [6, 6.07) is 6.38. The van der Waals surface area contributed by atoms with Crippen LogP contribution in [0.2, 0.25) is 0 Å². The van der Waals surface area contributed by atoms with Crippen LogP contribution in [0.15, 0.2) is 24.3 Å². The van der Waals surface area contributed by atoms with Gasteiger partial charge in [0.2, 0.25) is 5.91 Å². The van der Waals surface area contributed by atoms with Crippen LogP contribution >= 0.6 is 0 Å². The number of piperazine rings is 1. The Morgan fingerprint density at radius 1 is 1.15 bits per heavy atom. The summed E-state index contributed by atoms with van der Waals surface area (Å²) < 4.78 is 5.63. The molecule has 8 nitrogen and oxygen atoms in total. The maximum Gasteiger partial charge on any atom is 0.251 e. The molecule has 5 atom stereocenters. The molecule has 8 heteroatoms. The van der Waals surface area contributed by atoms with Gasteiger partial charge in [0, 0.05) is 49.9 Å². The van der Waals surface area contributed by atoms with Crippen molar-refractivity contribution in [2.45, 2.75) is 45.4 Å². The molecule has 1 aromatic rings. The number of rotatable bonds is 6. The first-order valence-corrected chi connectivity index (χ1v) is 12.1. The summed E-state index contributed by atoms with van der Waals surface area (Å²) >= 11 is 0. The van der Waals surface area contributed by atoms with E-state index in [1.54, 1.807) is 4.90 Å². The van der Waals surface area contributed by atoms with Crippen LogP contribution in [0.25, 0.3) is 0 Å². The van der Waals surface area contributed by atoms with Gasteiger partial charge in [-0.2, -0.15) is 0 Å². The van der Waals surface area contributed by atoms with Crippen molar-refractivity contribution in [2.75, 3.05) is 51.3 Å². The molecule has 3 fully saturated rings. The highest BCUT2D eigenvalue weighted by Crippen LogP contribution is 2.32. The Hall–Kier alpha value is -2.45. The van der Waals surface area contributed by atoms with Crippen LogP contribution in [0, 0.1) is 11.8 Å². The fourth-order valence-electron chi connectivity index (χ4n) is 5.09. The van der Waals surface area contributed by atoms with Crippen LogP contribution in [0.1, 0.15) is 37.6 Å². The number of Topliss-reactive ketones (excluding diaryl/α,β-unsaturated/α-hetero) is 1. The predicted molar refractivity (Wildman–Crippen MR) is 126 cm³/mol. The van der Waals surface area contributed by atoms with Gasteiger partial charge in [-0.3, -0.25) is 14.4 Å². The summed E-state index contributed by atoms with van der Waals surface area (Å²) in [7, 11) is 2.12. The molecular formula is C25H36N4O4. The SMILES string of the molecule is CC[C@H](C)[C@H](NC(=O)c1ccc(N2CCN(C)CC2)cc1)C(=O)N1C[C@H](C)[C@H]2OCC(=O)[C@H]21. The molecule has 0 saturated carbocycles. The topological polar surface area (TPSA) is 82.2 Å². The van der Waals surface area contributed by atoms with Crippen molar-refractivity contribution in [1.82, 2.24) is 15.1 Å². The van der Waals surface area contributed by atoms with Gasteiger partial charge in [-0.05, 0) is 37.2 Å². The molecule has 2 amide bonds. The van der Waals surface area contributed by atoms with E-state index in [4.69, 9.17) is 4.74 Å². The van der Waals surface area contributed by atoms with Crippen molar-refractivity contribution in [3.8, 4) is 0 Å². The molecule has 0 aliphatic carbocycles. The minimum atomic E-state index is -0.681. The van der Waals surface area contributed by atoms with E-state index in [2.05, 4.69) is 22.2 Å². The van der Waals surface area contributed by atoms with Crippen LogP contribution in [0.3, 0.4) is 0 Å². The molecule has 0 radical (unpaired) electrons. The molecule has 0 aromatic heterocycles. The normalized spacial score (nSPS) is 27.4. The summed E-state index contributed by atoms with van der Waals surface area (Å²) in [4.78, 5) is 45.3. The summed E-state index contributed by atoms with van der Waals surface area (Å²) in [5, 5.41) is 2.97. The molecule has 33 heavy (non-hydrogen) atoms. The summed E-state index contributed by atoms with van der Waals surface area (Å²) in [6.07, 6.45) is 0.498. The number of likely N-dealkylation sites (tertiary alicyclic amines) is 1. The van der Waals surface area contributed by atoms with Gasteiger partial charge in [0.05, 0.1) is 6.10 Å². The predicted octanol–water partition coefficient (Wildman–Crippen LogP) is 1.40. The van der Waals surface area contributed by atoms with Gasteiger partial charge in [-0.25, -0.2) is 0 Å². The van der Waals surface area contributed by atoms with Crippen molar-refractivity contribution in [1.29, 1.82) is 0 Å². The van der Waals surface area contributed by atoms with Crippen molar-refractivity contribution < 1.29 is 19.1 Å². The third-order valence-electron chi connectivity index (χ3n) is 7.49. The average Bonchev–Trinajstić information content (AvgIpc) is 3.37. The zero-order valence-electron chi connectivity index (χ0n) is 20.1. The lowest BCUT2D eigenvalue weighted by molar-refractivity contribution is -0.139. The molecule has 1 N–H and O–H groups in total. The second kappa shape index (κ2) is 9.81. The molecule has 0 bridgehead atoms. The Kier molecular flexibility index (Phi) is 7.05. The van der Waals surface area contributed by atoms with Crippen LogP contribution in [0.5, 0.6) is 0 Å². The molecule has 180 valence electrons. The highest BCUT2D eigenvalue weighted by molar-refractivity contribution is 5.99. The quantitative estimate of drug-likeness (QED) is 0.697. The number of nitrogens with one attached hydrogen (secondary N) is 1. The standard InChI is InChI=1S/C25H36N4O4/c1-5-16(2)21(25(32)29-14-17(3)23-22(29)20(30)15-33-23)26-24(31)18-6-8-19(9-7-18)28-12-10-27(4)11-13-28/h6-9,16-17,21-23H,5,10-15H2,1-4H3,(H,26,31)/t16-,17-,21-,22+,23+/m0/s1. The Balaban J connectivity index is 1.45. The molecule has 4 rings (SSSR count). The lowest BCUT2D eigenvalue weighted by atomic mass is 9.96. The van der Waals surface area contributed by atoms with Gasteiger partial charge in [-0.1, -0.05) is 27.2 Å². The number of likely N-dealkylation sites (N-methyl/N-ethyl adjacent to an activating group) is 1. The Labute approximate surface area is 196 Å². The van der Waals surface area contributed by atoms with Crippen molar-refractivity contribution >= 4 is 23.3 Å². The number of nitrogens with zero attached hydrogens (tertiary/aromatic N) is 3. The van der Waals surface area contributed by atoms with Crippen molar-refractivity contribution in [3.05, 3.63) is 29.8 Å². The molecule has 3 aliphatic heterocycles. The van der Waals surface area contributed by atoms with Crippen LogP contribution < -0.4 is 10.2 Å². The van der Waals surface area contributed by atoms with Crippen LogP contribution in [-0.4, -0.2) is 92.0 Å². The van der Waals surface area contributed by atoms with E-state index in [-0.39, 0.29) is 42.1 Å². The molecular weight excluding hydrogens is 420 g/mol. The zero-order chi connectivity index (χ0) is 23.7. The number of amides is 2. The lowest BCUT2D eigenvalue weighted by Crippen LogP contribution is -2.54. The van der Waals surface area contributed by atoms with E-state index < -0.39 is 12.1 Å². The second-order valence-electron chi connectivity index (χ2n) is 9.83. The van der Waals surface area contributed by atoms with E-state index in [1.165, 1.54) is 0 Å². The molecule has 1 aromatic carbocycles. The maximum absolute atomic E-state index is 13.5. The number of anilines is 1. The Morgan fingerprint density at radius 3 is 2.45 bits per heavy atom. The first-order chi connectivity index (χ1) is 15.8. The van der Waals surface area contributed by atoms with Crippen molar-refractivity contribution in [2.24, 2.45) is 11.8 Å². The van der Waals surface area contributed by atoms with E-state index in [9.17, 15) is 14.4 Å². The number of carbonyl (C=O) groups is 3. The van der Waals surface area contributed by atoms with E-state index in [1.807, 2.05) is 45.0 Å². The average molecular weight is 457 g/mol. The largest absolute Gasteiger partial charge is 0.369 e. The highest BCUT2D eigenvalue weighted by atomic mass is 16.5. The monoisotopic (exact) mass is 456 g/mol. The lowest BCUT2D eigenvalue weighted by Gasteiger charge is -2.34. The summed E-state index contributed by atoms with van der Waals surface area (Å²) in [5.41, 5.74) is 1.63. The number of benzene rings is 1. The Bertz CT molecular complexity index is 881.